The second-order valence-corrected chi connectivity index (χ2v) is 8.26. The summed E-state index contributed by atoms with van der Waals surface area (Å²) in [6, 6.07) is 25.3. The van der Waals surface area contributed by atoms with Gasteiger partial charge in [-0.2, -0.15) is 0 Å². The normalized spacial score (nSPS) is 19.6. The Morgan fingerprint density at radius 2 is 1.24 bits per heavy atom. The van der Waals surface area contributed by atoms with E-state index in [2.05, 4.69) is 10.6 Å². The van der Waals surface area contributed by atoms with E-state index in [1.165, 1.54) is 6.08 Å². The number of rotatable bonds is 6. The van der Waals surface area contributed by atoms with Crippen LogP contribution in [-0.4, -0.2) is 24.7 Å². The summed E-state index contributed by atoms with van der Waals surface area (Å²) in [5, 5.41) is 5.78. The van der Waals surface area contributed by atoms with Gasteiger partial charge in [-0.25, -0.2) is 0 Å². The van der Waals surface area contributed by atoms with Crippen molar-refractivity contribution in [3.05, 3.63) is 102 Å². The number of hydrogen-bond donors (Lipinski definition) is 2. The molecule has 3 unspecified atom stereocenters. The number of nitrogens with one attached hydrogen (secondary N) is 2. The smallest absolute Gasteiger partial charge is 0.235 e. The molecule has 6 nitrogen and oxygen atoms in total. The number of allylic oxidation sites excluding steroid dienone is 1. The van der Waals surface area contributed by atoms with Crippen LogP contribution < -0.4 is 15.4 Å². The lowest BCUT2D eigenvalue weighted by atomic mass is 9.67. The third kappa shape index (κ3) is 4.91. The maximum Gasteiger partial charge on any atom is 0.235 e. The zero-order valence-corrected chi connectivity index (χ0v) is 19.0. The molecule has 1 aliphatic rings. The average molecular weight is 455 g/mol. The first-order valence-electron chi connectivity index (χ1n) is 11.1. The molecular formula is C28H26N2O4. The van der Waals surface area contributed by atoms with E-state index in [0.29, 0.717) is 28.3 Å². The average Bonchev–Trinajstić information content (AvgIpc) is 2.84. The van der Waals surface area contributed by atoms with E-state index in [1.807, 2.05) is 24.3 Å². The van der Waals surface area contributed by atoms with Crippen LogP contribution >= 0.6 is 0 Å². The molecule has 0 aromatic heterocycles. The molecule has 0 aliphatic heterocycles. The first-order chi connectivity index (χ1) is 16.5. The minimum Gasteiger partial charge on any atom is -0.497 e. The number of hydrogen-bond acceptors (Lipinski definition) is 4. The lowest BCUT2D eigenvalue weighted by Crippen LogP contribution is -2.44. The fourth-order valence-electron chi connectivity index (χ4n) is 4.41. The Hall–Kier alpha value is -4.19. The van der Waals surface area contributed by atoms with E-state index in [1.54, 1.807) is 74.7 Å². The van der Waals surface area contributed by atoms with Crippen LogP contribution in [0.1, 0.15) is 18.4 Å². The van der Waals surface area contributed by atoms with Crippen molar-refractivity contribution in [2.24, 2.45) is 11.8 Å². The Kier molecular flexibility index (Phi) is 6.87. The maximum absolute atomic E-state index is 13.5. The zero-order chi connectivity index (χ0) is 24.1. The number of benzene rings is 3. The minimum absolute atomic E-state index is 0.272. The van der Waals surface area contributed by atoms with E-state index >= 15 is 0 Å². The topological polar surface area (TPSA) is 84.5 Å². The monoisotopic (exact) mass is 454 g/mol. The van der Waals surface area contributed by atoms with Gasteiger partial charge in [0, 0.05) is 17.3 Å². The summed E-state index contributed by atoms with van der Waals surface area (Å²) >= 11 is 0. The highest BCUT2D eigenvalue weighted by atomic mass is 16.5. The summed E-state index contributed by atoms with van der Waals surface area (Å²) in [5.41, 5.74) is 2.56. The van der Waals surface area contributed by atoms with Gasteiger partial charge in [0.25, 0.3) is 0 Å². The van der Waals surface area contributed by atoms with Crippen LogP contribution in [0.4, 0.5) is 11.4 Å². The van der Waals surface area contributed by atoms with Gasteiger partial charge in [-0.05, 0) is 55.0 Å². The molecule has 0 bridgehead atoms. The number of ketones is 1. The second-order valence-electron chi connectivity index (χ2n) is 8.26. The lowest BCUT2D eigenvalue weighted by Gasteiger charge is -2.35. The molecule has 0 spiro atoms. The molecule has 172 valence electrons. The van der Waals surface area contributed by atoms with E-state index in [4.69, 9.17) is 4.74 Å². The Morgan fingerprint density at radius 3 is 1.74 bits per heavy atom. The van der Waals surface area contributed by atoms with Gasteiger partial charge < -0.3 is 15.4 Å². The Labute approximate surface area is 198 Å². The molecule has 2 N–H and O–H groups in total. The number of methoxy groups -OCH3 is 1. The van der Waals surface area contributed by atoms with Crippen molar-refractivity contribution in [3.8, 4) is 5.75 Å². The summed E-state index contributed by atoms with van der Waals surface area (Å²) in [6.45, 7) is 1.76. The molecule has 0 saturated heterocycles. The van der Waals surface area contributed by atoms with Gasteiger partial charge in [-0.15, -0.1) is 0 Å². The fraction of sp³-hybridized carbons (Fsp3) is 0.179. The first-order valence-corrected chi connectivity index (χ1v) is 11.1. The van der Waals surface area contributed by atoms with E-state index in [-0.39, 0.29) is 11.7 Å². The first kappa shape index (κ1) is 23.0. The minimum atomic E-state index is -1.07. The van der Waals surface area contributed by atoms with Crippen molar-refractivity contribution >= 4 is 29.0 Å². The number of carbonyl (C=O) groups excluding carboxylic acids is 3. The van der Waals surface area contributed by atoms with E-state index < -0.39 is 23.7 Å². The van der Waals surface area contributed by atoms with Crippen molar-refractivity contribution < 1.29 is 19.1 Å². The highest BCUT2D eigenvalue weighted by Gasteiger charge is 2.46. The van der Waals surface area contributed by atoms with Gasteiger partial charge in [0.15, 0.2) is 5.78 Å². The van der Waals surface area contributed by atoms with Crippen LogP contribution in [0.3, 0.4) is 0 Å². The molecule has 6 heteroatoms. The Balaban J connectivity index is 1.74. The van der Waals surface area contributed by atoms with E-state index in [9.17, 15) is 14.4 Å². The molecular weight excluding hydrogens is 428 g/mol. The van der Waals surface area contributed by atoms with Crippen LogP contribution in [0.15, 0.2) is 96.6 Å². The molecule has 0 saturated carbocycles. The largest absolute Gasteiger partial charge is 0.497 e. The standard InChI is InChI=1S/C28H26N2O4/c1-18-17-23(31)26(28(33)30-21-11-7-4-8-12-21)25(19-13-15-22(34-2)16-14-19)24(18)27(32)29-20-9-5-3-6-10-20/h3-17,24-26H,1-2H3,(H,29,32)(H,30,33). The van der Waals surface area contributed by atoms with Crippen LogP contribution in [-0.2, 0) is 14.4 Å². The van der Waals surface area contributed by atoms with Gasteiger partial charge in [0.05, 0.1) is 13.0 Å². The van der Waals surface area contributed by atoms with Crippen molar-refractivity contribution in [1.29, 1.82) is 0 Å². The predicted molar refractivity (Wildman–Crippen MR) is 132 cm³/mol. The highest BCUT2D eigenvalue weighted by molar-refractivity contribution is 6.14. The van der Waals surface area contributed by atoms with E-state index in [0.717, 1.165) is 0 Å². The molecule has 3 atom stereocenters. The van der Waals surface area contributed by atoms with Crippen molar-refractivity contribution in [3.63, 3.8) is 0 Å². The van der Waals surface area contributed by atoms with Gasteiger partial charge in [0.2, 0.25) is 11.8 Å². The quantitative estimate of drug-likeness (QED) is 0.523. The third-order valence-corrected chi connectivity index (χ3v) is 6.03. The van der Waals surface area contributed by atoms with Gasteiger partial charge >= 0.3 is 0 Å². The molecule has 0 radical (unpaired) electrons. The van der Waals surface area contributed by atoms with Crippen LogP contribution in [0, 0.1) is 11.8 Å². The Morgan fingerprint density at radius 1 is 0.735 bits per heavy atom. The van der Waals surface area contributed by atoms with Gasteiger partial charge in [-0.3, -0.25) is 14.4 Å². The molecule has 1 aliphatic carbocycles. The molecule has 4 rings (SSSR count). The van der Waals surface area contributed by atoms with Crippen LogP contribution in [0.5, 0.6) is 5.75 Å². The number of para-hydroxylation sites is 2. The lowest BCUT2D eigenvalue weighted by molar-refractivity contribution is -0.131. The SMILES string of the molecule is COc1ccc(C2C(C(=O)Nc3ccccc3)C(=O)C=C(C)C2C(=O)Nc2ccccc2)cc1. The number of anilines is 2. The van der Waals surface area contributed by atoms with Crippen molar-refractivity contribution in [2.45, 2.75) is 12.8 Å². The fourth-order valence-corrected chi connectivity index (χ4v) is 4.41. The second kappa shape index (κ2) is 10.2. The Bertz CT molecular complexity index is 1200. The summed E-state index contributed by atoms with van der Waals surface area (Å²) in [5.74, 6) is -2.86. The molecule has 0 heterocycles. The summed E-state index contributed by atoms with van der Waals surface area (Å²) in [7, 11) is 1.57. The number of amides is 2. The predicted octanol–water partition coefficient (Wildman–Crippen LogP) is 4.82. The molecule has 3 aromatic carbocycles. The molecule has 2 amide bonds. The van der Waals surface area contributed by atoms with Gasteiger partial charge in [0.1, 0.15) is 11.7 Å². The summed E-state index contributed by atoms with van der Waals surface area (Å²) in [4.78, 5) is 40.1. The maximum atomic E-state index is 13.5. The van der Waals surface area contributed by atoms with Gasteiger partial charge in [-0.1, -0.05) is 54.1 Å². The molecule has 34 heavy (non-hydrogen) atoms. The summed E-state index contributed by atoms with van der Waals surface area (Å²) in [6.07, 6.45) is 1.42. The number of carbonyl (C=O) groups is 3. The van der Waals surface area contributed by atoms with Crippen molar-refractivity contribution in [1.82, 2.24) is 0 Å². The highest BCUT2D eigenvalue weighted by Crippen LogP contribution is 2.42. The third-order valence-electron chi connectivity index (χ3n) is 6.03. The summed E-state index contributed by atoms with van der Waals surface area (Å²) < 4.78 is 5.27. The zero-order valence-electron chi connectivity index (χ0n) is 19.0. The van der Waals surface area contributed by atoms with Crippen molar-refractivity contribution in [2.75, 3.05) is 17.7 Å². The van der Waals surface area contributed by atoms with Crippen LogP contribution in [0.2, 0.25) is 0 Å². The molecule has 3 aromatic rings. The number of ether oxygens (including phenoxy) is 1. The van der Waals surface area contributed by atoms with Crippen LogP contribution in [0.25, 0.3) is 0 Å². The molecule has 0 fully saturated rings.